The third-order valence-corrected chi connectivity index (χ3v) is 4.89. The summed E-state index contributed by atoms with van der Waals surface area (Å²) in [6.07, 6.45) is 8.77. The number of carbonyl (C=O) groups excluding carboxylic acids is 1. The highest BCUT2D eigenvalue weighted by Gasteiger charge is 2.28. The number of nitrogens with zero attached hydrogens (tertiary/aromatic N) is 5. The van der Waals surface area contributed by atoms with Crippen molar-refractivity contribution in [2.24, 2.45) is 0 Å². The van der Waals surface area contributed by atoms with Gasteiger partial charge < -0.3 is 9.47 Å². The predicted molar refractivity (Wildman–Crippen MR) is 91.9 cm³/mol. The monoisotopic (exact) mass is 327 g/mol. The average molecular weight is 327 g/mol. The number of carbonyl (C=O) groups is 1. The second kappa shape index (κ2) is 7.11. The molecule has 0 aliphatic carbocycles. The summed E-state index contributed by atoms with van der Waals surface area (Å²) in [5, 5.41) is 0. The lowest BCUT2D eigenvalue weighted by atomic mass is 10.0. The zero-order chi connectivity index (χ0) is 17.1. The van der Waals surface area contributed by atoms with Gasteiger partial charge in [-0.3, -0.25) is 4.79 Å². The van der Waals surface area contributed by atoms with Gasteiger partial charge in [0.05, 0.1) is 23.3 Å². The minimum atomic E-state index is 0.0881. The summed E-state index contributed by atoms with van der Waals surface area (Å²) in [4.78, 5) is 27.8. The van der Waals surface area contributed by atoms with Crippen LogP contribution in [0.4, 0.5) is 0 Å². The van der Waals surface area contributed by atoms with Crippen LogP contribution in [0.25, 0.3) is 0 Å². The van der Waals surface area contributed by atoms with Crippen molar-refractivity contribution in [2.75, 3.05) is 13.1 Å². The van der Waals surface area contributed by atoms with Gasteiger partial charge in [-0.2, -0.15) is 0 Å². The van der Waals surface area contributed by atoms with Crippen molar-refractivity contribution in [3.8, 4) is 0 Å². The molecular formula is C18H25N5O. The van der Waals surface area contributed by atoms with Crippen molar-refractivity contribution >= 4 is 5.91 Å². The van der Waals surface area contributed by atoms with E-state index in [1.54, 1.807) is 6.33 Å². The number of imidazole rings is 1. The molecule has 0 radical (unpaired) electrons. The van der Waals surface area contributed by atoms with Crippen LogP contribution in [0.5, 0.6) is 0 Å². The van der Waals surface area contributed by atoms with E-state index in [2.05, 4.69) is 26.4 Å². The smallest absolute Gasteiger partial charge is 0.257 e. The maximum absolute atomic E-state index is 13.0. The van der Waals surface area contributed by atoms with E-state index in [0.29, 0.717) is 6.04 Å². The van der Waals surface area contributed by atoms with E-state index in [-0.39, 0.29) is 5.91 Å². The van der Waals surface area contributed by atoms with Crippen molar-refractivity contribution in [3.05, 3.63) is 41.5 Å². The molecule has 1 amide bonds. The van der Waals surface area contributed by atoms with Gasteiger partial charge in [0.1, 0.15) is 6.33 Å². The highest BCUT2D eigenvalue weighted by atomic mass is 16.2. The number of amides is 1. The topological polar surface area (TPSA) is 63.9 Å². The van der Waals surface area contributed by atoms with E-state index >= 15 is 0 Å². The van der Waals surface area contributed by atoms with Gasteiger partial charge in [0.15, 0.2) is 0 Å². The largest absolute Gasteiger partial charge is 0.338 e. The molecule has 0 atom stereocenters. The summed E-state index contributed by atoms with van der Waals surface area (Å²) >= 11 is 0. The molecule has 0 spiro atoms. The number of aromatic nitrogens is 4. The summed E-state index contributed by atoms with van der Waals surface area (Å²) in [5.74, 6) is 0.0881. The summed E-state index contributed by atoms with van der Waals surface area (Å²) in [6.45, 7) is 7.68. The Hall–Kier alpha value is -2.24. The zero-order valence-corrected chi connectivity index (χ0v) is 14.7. The number of piperidine rings is 1. The molecule has 1 aliphatic heterocycles. The normalized spacial score (nSPS) is 15.7. The molecule has 3 heterocycles. The molecule has 0 bridgehead atoms. The fourth-order valence-corrected chi connectivity index (χ4v) is 3.51. The van der Waals surface area contributed by atoms with Crippen LogP contribution in [0.15, 0.2) is 18.9 Å². The Morgan fingerprint density at radius 1 is 1.17 bits per heavy atom. The molecule has 6 heteroatoms. The number of likely N-dealkylation sites (tertiary alicyclic amines) is 1. The van der Waals surface area contributed by atoms with E-state index in [9.17, 15) is 4.79 Å². The Balaban J connectivity index is 1.75. The Morgan fingerprint density at radius 2 is 1.79 bits per heavy atom. The summed E-state index contributed by atoms with van der Waals surface area (Å²) in [5.41, 5.74) is 3.62. The van der Waals surface area contributed by atoms with Gasteiger partial charge in [0, 0.05) is 31.0 Å². The lowest BCUT2D eigenvalue weighted by molar-refractivity contribution is 0.0690. The van der Waals surface area contributed by atoms with Crippen LogP contribution in [0.3, 0.4) is 0 Å². The lowest BCUT2D eigenvalue weighted by Crippen LogP contribution is -2.40. The molecule has 1 saturated heterocycles. The molecule has 128 valence electrons. The summed E-state index contributed by atoms with van der Waals surface area (Å²) in [7, 11) is 0. The Bertz CT molecular complexity index is 694. The first-order valence-corrected chi connectivity index (χ1v) is 8.76. The average Bonchev–Trinajstić information content (AvgIpc) is 3.06. The number of rotatable bonds is 4. The van der Waals surface area contributed by atoms with Gasteiger partial charge in [-0.25, -0.2) is 15.0 Å². The van der Waals surface area contributed by atoms with Crippen LogP contribution < -0.4 is 0 Å². The predicted octanol–water partition coefficient (Wildman–Crippen LogP) is 2.58. The third-order valence-electron chi connectivity index (χ3n) is 4.89. The van der Waals surface area contributed by atoms with Gasteiger partial charge in [-0.15, -0.1) is 0 Å². The van der Waals surface area contributed by atoms with E-state index in [1.807, 2.05) is 31.3 Å². The zero-order valence-electron chi connectivity index (χ0n) is 14.7. The number of hydrogen-bond acceptors (Lipinski definition) is 4. The molecule has 2 aromatic rings. The van der Waals surface area contributed by atoms with E-state index in [0.717, 1.165) is 55.7 Å². The molecule has 6 nitrogen and oxygen atoms in total. The first kappa shape index (κ1) is 16.6. The second-order valence-corrected chi connectivity index (χ2v) is 6.31. The van der Waals surface area contributed by atoms with Crippen molar-refractivity contribution in [1.29, 1.82) is 0 Å². The van der Waals surface area contributed by atoms with Crippen LogP contribution in [0.1, 0.15) is 60.2 Å². The Labute approximate surface area is 142 Å². The molecule has 0 unspecified atom stereocenters. The van der Waals surface area contributed by atoms with Crippen molar-refractivity contribution in [1.82, 2.24) is 24.4 Å². The first-order valence-electron chi connectivity index (χ1n) is 8.76. The molecule has 0 saturated carbocycles. The molecule has 3 rings (SSSR count). The van der Waals surface area contributed by atoms with E-state index in [1.165, 1.54) is 5.69 Å². The fourth-order valence-electron chi connectivity index (χ4n) is 3.51. The molecule has 2 aromatic heterocycles. The van der Waals surface area contributed by atoms with Gasteiger partial charge >= 0.3 is 0 Å². The van der Waals surface area contributed by atoms with Crippen LogP contribution in [0, 0.1) is 6.92 Å². The fraction of sp³-hybridized carbons (Fsp3) is 0.556. The molecule has 1 aliphatic rings. The van der Waals surface area contributed by atoms with Crippen molar-refractivity contribution in [2.45, 2.75) is 52.5 Å². The van der Waals surface area contributed by atoms with Crippen LogP contribution in [0.2, 0.25) is 0 Å². The molecule has 0 N–H and O–H groups in total. The van der Waals surface area contributed by atoms with Crippen molar-refractivity contribution in [3.63, 3.8) is 0 Å². The van der Waals surface area contributed by atoms with Crippen LogP contribution >= 0.6 is 0 Å². The van der Waals surface area contributed by atoms with E-state index < -0.39 is 0 Å². The third kappa shape index (κ3) is 3.05. The minimum absolute atomic E-state index is 0.0881. The first-order chi connectivity index (χ1) is 11.7. The van der Waals surface area contributed by atoms with Gasteiger partial charge in [0.25, 0.3) is 5.91 Å². The highest BCUT2D eigenvalue weighted by molar-refractivity contribution is 5.96. The molecule has 0 aromatic carbocycles. The Morgan fingerprint density at radius 3 is 2.29 bits per heavy atom. The second-order valence-electron chi connectivity index (χ2n) is 6.31. The lowest BCUT2D eigenvalue weighted by Gasteiger charge is -2.33. The van der Waals surface area contributed by atoms with Gasteiger partial charge in [-0.05, 0) is 32.6 Å². The summed E-state index contributed by atoms with van der Waals surface area (Å²) < 4.78 is 2.22. The quantitative estimate of drug-likeness (QED) is 0.866. The van der Waals surface area contributed by atoms with Crippen LogP contribution in [-0.4, -0.2) is 43.4 Å². The van der Waals surface area contributed by atoms with Crippen LogP contribution in [-0.2, 0) is 12.8 Å². The molecule has 24 heavy (non-hydrogen) atoms. The molecular weight excluding hydrogens is 302 g/mol. The van der Waals surface area contributed by atoms with Crippen molar-refractivity contribution < 1.29 is 4.79 Å². The number of hydrogen-bond donors (Lipinski definition) is 0. The maximum atomic E-state index is 13.0. The minimum Gasteiger partial charge on any atom is -0.338 e. The Kier molecular flexibility index (Phi) is 4.92. The summed E-state index contributed by atoms with van der Waals surface area (Å²) in [6, 6.07) is 0.430. The maximum Gasteiger partial charge on any atom is 0.257 e. The SMILES string of the molecule is CCc1ncnc(CC)c1C(=O)N1CCC(n2cncc2C)CC1. The highest BCUT2D eigenvalue weighted by Crippen LogP contribution is 2.25. The van der Waals surface area contributed by atoms with E-state index in [4.69, 9.17) is 0 Å². The van der Waals surface area contributed by atoms with Gasteiger partial charge in [-0.1, -0.05) is 13.8 Å². The van der Waals surface area contributed by atoms with Gasteiger partial charge in [0.2, 0.25) is 0 Å². The number of aryl methyl sites for hydroxylation is 3. The standard InChI is InChI=1S/C18H25N5O/c1-4-15-17(16(5-2)21-11-20-15)18(24)22-8-6-14(7-9-22)23-12-19-10-13(23)3/h10-12,14H,4-9H2,1-3H3. The molecule has 1 fully saturated rings.